The van der Waals surface area contributed by atoms with Gasteiger partial charge < -0.3 is 5.32 Å². The minimum atomic E-state index is -4.30. The molecular formula is C10H15F3N4O2S. The highest BCUT2D eigenvalue weighted by molar-refractivity contribution is 7.89. The predicted molar refractivity (Wildman–Crippen MR) is 64.4 cm³/mol. The van der Waals surface area contributed by atoms with Crippen molar-refractivity contribution in [3.63, 3.8) is 0 Å². The van der Waals surface area contributed by atoms with E-state index in [1.54, 1.807) is 7.05 Å². The number of hydrogen-bond donors (Lipinski definition) is 2. The average Bonchev–Trinajstić information content (AvgIpc) is 2.76. The zero-order valence-electron chi connectivity index (χ0n) is 10.7. The number of aromatic nitrogens is 2. The zero-order chi connectivity index (χ0) is 15.0. The summed E-state index contributed by atoms with van der Waals surface area (Å²) in [5.41, 5.74) is 0. The second-order valence-corrected chi connectivity index (χ2v) is 6.46. The first kappa shape index (κ1) is 15.3. The van der Waals surface area contributed by atoms with Crippen LogP contribution in [0.2, 0.25) is 0 Å². The lowest BCUT2D eigenvalue weighted by Crippen LogP contribution is -2.54. The molecule has 1 saturated heterocycles. The van der Waals surface area contributed by atoms with Gasteiger partial charge >= 0.3 is 6.18 Å². The van der Waals surface area contributed by atoms with Crippen molar-refractivity contribution >= 4 is 10.0 Å². The maximum atomic E-state index is 12.5. The van der Waals surface area contributed by atoms with Gasteiger partial charge in [0, 0.05) is 25.8 Å². The number of alkyl halides is 3. The van der Waals surface area contributed by atoms with Crippen molar-refractivity contribution in [3.8, 4) is 0 Å². The van der Waals surface area contributed by atoms with Crippen molar-refractivity contribution in [1.29, 1.82) is 0 Å². The number of sulfonamides is 1. The van der Waals surface area contributed by atoms with Crippen LogP contribution in [-0.2, 0) is 17.1 Å². The van der Waals surface area contributed by atoms with Crippen LogP contribution in [0.4, 0.5) is 13.2 Å². The molecule has 0 spiro atoms. The third kappa shape index (κ3) is 3.49. The van der Waals surface area contributed by atoms with E-state index in [9.17, 15) is 21.6 Å². The lowest BCUT2D eigenvalue weighted by Gasteiger charge is -2.31. The molecule has 2 atom stereocenters. The molecule has 2 N–H and O–H groups in total. The van der Waals surface area contributed by atoms with E-state index in [2.05, 4.69) is 15.1 Å². The summed E-state index contributed by atoms with van der Waals surface area (Å²) in [5, 5.41) is 6.07. The van der Waals surface area contributed by atoms with Gasteiger partial charge in [0.1, 0.15) is 10.9 Å². The van der Waals surface area contributed by atoms with Crippen LogP contribution in [0.3, 0.4) is 0 Å². The SMILES string of the molecule is Cn1cc(S(=O)(=O)NC2CCC(C(F)(F)F)NC2)cn1. The second-order valence-electron chi connectivity index (χ2n) is 4.75. The van der Waals surface area contributed by atoms with Gasteiger partial charge in [-0.1, -0.05) is 0 Å². The number of aryl methyl sites for hydroxylation is 1. The minimum absolute atomic E-state index is 0.00190. The van der Waals surface area contributed by atoms with Gasteiger partial charge in [0.25, 0.3) is 0 Å². The standard InChI is InChI=1S/C10H15F3N4O2S/c1-17-6-8(5-15-17)20(18,19)16-7-2-3-9(14-4-7)10(11,12)13/h5-7,9,14,16H,2-4H2,1H3. The smallest absolute Gasteiger partial charge is 0.305 e. The molecule has 2 unspecified atom stereocenters. The minimum Gasteiger partial charge on any atom is -0.305 e. The molecular weight excluding hydrogens is 297 g/mol. The van der Waals surface area contributed by atoms with E-state index in [1.165, 1.54) is 17.1 Å². The first-order valence-electron chi connectivity index (χ1n) is 5.99. The van der Waals surface area contributed by atoms with Crippen molar-refractivity contribution in [2.24, 2.45) is 7.05 Å². The van der Waals surface area contributed by atoms with Gasteiger partial charge in [0.2, 0.25) is 10.0 Å². The Balaban J connectivity index is 1.96. The fourth-order valence-electron chi connectivity index (χ4n) is 2.06. The Morgan fingerprint density at radius 2 is 2.15 bits per heavy atom. The molecule has 1 aliphatic heterocycles. The molecule has 1 aromatic heterocycles. The highest BCUT2D eigenvalue weighted by atomic mass is 32.2. The first-order valence-corrected chi connectivity index (χ1v) is 7.48. The lowest BCUT2D eigenvalue weighted by atomic mass is 10.0. The monoisotopic (exact) mass is 312 g/mol. The molecule has 1 aromatic rings. The van der Waals surface area contributed by atoms with Gasteiger partial charge in [-0.3, -0.25) is 4.68 Å². The van der Waals surface area contributed by atoms with E-state index < -0.39 is 28.3 Å². The van der Waals surface area contributed by atoms with Crippen LogP contribution >= 0.6 is 0 Å². The topological polar surface area (TPSA) is 76.0 Å². The Bertz CT molecular complexity index is 561. The molecule has 10 heteroatoms. The molecule has 20 heavy (non-hydrogen) atoms. The van der Waals surface area contributed by atoms with Crippen molar-refractivity contribution in [2.75, 3.05) is 6.54 Å². The fourth-order valence-corrected chi connectivity index (χ4v) is 3.31. The van der Waals surface area contributed by atoms with Crippen LogP contribution < -0.4 is 10.0 Å². The van der Waals surface area contributed by atoms with Crippen molar-refractivity contribution in [3.05, 3.63) is 12.4 Å². The van der Waals surface area contributed by atoms with Gasteiger partial charge in [-0.2, -0.15) is 18.3 Å². The molecule has 0 aromatic carbocycles. The zero-order valence-corrected chi connectivity index (χ0v) is 11.5. The van der Waals surface area contributed by atoms with Gasteiger partial charge in [-0.05, 0) is 12.8 Å². The van der Waals surface area contributed by atoms with Gasteiger partial charge in [-0.15, -0.1) is 0 Å². The van der Waals surface area contributed by atoms with Crippen LogP contribution in [0.15, 0.2) is 17.3 Å². The molecule has 0 amide bonds. The summed E-state index contributed by atoms with van der Waals surface area (Å²) in [7, 11) is -2.17. The summed E-state index contributed by atoms with van der Waals surface area (Å²) < 4.78 is 65.1. The normalized spacial score (nSPS) is 24.8. The number of piperidine rings is 1. The molecule has 0 radical (unpaired) electrons. The number of nitrogens with zero attached hydrogens (tertiary/aromatic N) is 2. The molecule has 6 nitrogen and oxygen atoms in total. The second kappa shape index (κ2) is 5.34. The van der Waals surface area contributed by atoms with Crippen molar-refractivity contribution in [2.45, 2.75) is 36.0 Å². The first-order chi connectivity index (χ1) is 9.18. The highest BCUT2D eigenvalue weighted by Gasteiger charge is 2.41. The summed E-state index contributed by atoms with van der Waals surface area (Å²) in [5.74, 6) is 0. The summed E-state index contributed by atoms with van der Waals surface area (Å²) in [6.45, 7) is -0.0519. The van der Waals surface area contributed by atoms with Crippen molar-refractivity contribution < 1.29 is 21.6 Å². The third-order valence-electron chi connectivity index (χ3n) is 3.12. The van der Waals surface area contributed by atoms with Crippen molar-refractivity contribution in [1.82, 2.24) is 19.8 Å². The number of rotatable bonds is 3. The largest absolute Gasteiger partial charge is 0.403 e. The Morgan fingerprint density at radius 3 is 2.60 bits per heavy atom. The molecule has 1 fully saturated rings. The van der Waals surface area contributed by atoms with Crippen LogP contribution in [-0.4, -0.2) is 43.0 Å². The van der Waals surface area contributed by atoms with Crippen LogP contribution in [0.25, 0.3) is 0 Å². The summed E-state index contributed by atoms with van der Waals surface area (Å²) in [6.07, 6.45) is -1.79. The molecule has 2 rings (SSSR count). The van der Waals surface area contributed by atoms with E-state index in [-0.39, 0.29) is 24.3 Å². The summed E-state index contributed by atoms with van der Waals surface area (Å²) >= 11 is 0. The van der Waals surface area contributed by atoms with E-state index in [4.69, 9.17) is 0 Å². The van der Waals surface area contributed by atoms with E-state index in [0.29, 0.717) is 0 Å². The predicted octanol–water partition coefficient (Wildman–Crippen LogP) is 0.381. The Morgan fingerprint density at radius 1 is 1.45 bits per heavy atom. The van der Waals surface area contributed by atoms with Crippen LogP contribution in [0.5, 0.6) is 0 Å². The molecule has 0 bridgehead atoms. The molecule has 0 aliphatic carbocycles. The molecule has 2 heterocycles. The number of nitrogens with one attached hydrogen (secondary N) is 2. The Hall–Kier alpha value is -1.13. The average molecular weight is 312 g/mol. The number of halogens is 3. The maximum Gasteiger partial charge on any atom is 0.403 e. The van der Waals surface area contributed by atoms with E-state index in [0.717, 1.165) is 0 Å². The van der Waals surface area contributed by atoms with Gasteiger partial charge in [0.05, 0.1) is 6.20 Å². The van der Waals surface area contributed by atoms with Crippen LogP contribution in [0, 0.1) is 0 Å². The Kier molecular flexibility index (Phi) is 4.07. The summed E-state index contributed by atoms with van der Waals surface area (Å²) in [4.78, 5) is -0.00190. The van der Waals surface area contributed by atoms with Gasteiger partial charge in [-0.25, -0.2) is 13.1 Å². The third-order valence-corrected chi connectivity index (χ3v) is 4.60. The molecule has 1 aliphatic rings. The molecule has 114 valence electrons. The van der Waals surface area contributed by atoms with E-state index >= 15 is 0 Å². The van der Waals surface area contributed by atoms with Crippen LogP contribution in [0.1, 0.15) is 12.8 Å². The van der Waals surface area contributed by atoms with E-state index in [1.807, 2.05) is 0 Å². The maximum absolute atomic E-state index is 12.5. The quantitative estimate of drug-likeness (QED) is 0.846. The lowest BCUT2D eigenvalue weighted by molar-refractivity contribution is -0.160. The Labute approximate surface area is 114 Å². The fraction of sp³-hybridized carbons (Fsp3) is 0.700. The molecule has 0 saturated carbocycles. The van der Waals surface area contributed by atoms with Gasteiger partial charge in [0.15, 0.2) is 0 Å². The summed E-state index contributed by atoms with van der Waals surface area (Å²) in [6, 6.07) is -2.12. The highest BCUT2D eigenvalue weighted by Crippen LogP contribution is 2.26. The number of hydrogen-bond acceptors (Lipinski definition) is 4.